The van der Waals surface area contributed by atoms with Crippen LogP contribution >= 0.6 is 11.3 Å². The quantitative estimate of drug-likeness (QED) is 0.802. The highest BCUT2D eigenvalue weighted by Gasteiger charge is 2.06. The Labute approximate surface area is 127 Å². The number of thiophene rings is 1. The van der Waals surface area contributed by atoms with Gasteiger partial charge in [-0.2, -0.15) is 0 Å². The number of nitrogens with zero attached hydrogens (tertiary/aromatic N) is 1. The second kappa shape index (κ2) is 7.54. The third-order valence-electron chi connectivity index (χ3n) is 2.84. The Kier molecular flexibility index (Phi) is 5.45. The van der Waals surface area contributed by atoms with Gasteiger partial charge in [0.1, 0.15) is 0 Å². The fraction of sp³-hybridized carbons (Fsp3) is 0.267. The molecule has 0 bridgehead atoms. The number of carbonyl (C=O) groups is 2. The summed E-state index contributed by atoms with van der Waals surface area (Å²) >= 11 is 1.41. The van der Waals surface area contributed by atoms with Crippen LogP contribution in [-0.4, -0.2) is 29.9 Å². The van der Waals surface area contributed by atoms with Crippen LogP contribution in [0, 0.1) is 6.92 Å². The van der Waals surface area contributed by atoms with Crippen molar-refractivity contribution in [2.45, 2.75) is 13.3 Å². The minimum Gasteiger partial charge on any atom is -0.352 e. The lowest BCUT2D eigenvalue weighted by Gasteiger charge is -2.06. The van der Waals surface area contributed by atoms with Gasteiger partial charge < -0.3 is 10.6 Å². The first-order valence-corrected chi connectivity index (χ1v) is 7.57. The number of hydrogen-bond acceptors (Lipinski definition) is 4. The third-order valence-corrected chi connectivity index (χ3v) is 3.71. The maximum absolute atomic E-state index is 11.8. The minimum atomic E-state index is -0.146. The van der Waals surface area contributed by atoms with Crippen LogP contribution in [0.5, 0.6) is 0 Å². The van der Waals surface area contributed by atoms with Crippen LogP contribution in [0.2, 0.25) is 0 Å². The molecule has 2 rings (SSSR count). The van der Waals surface area contributed by atoms with Gasteiger partial charge in [0.25, 0.3) is 11.8 Å². The van der Waals surface area contributed by atoms with Gasteiger partial charge in [-0.15, -0.1) is 11.3 Å². The zero-order valence-electron chi connectivity index (χ0n) is 11.8. The van der Waals surface area contributed by atoms with Crippen molar-refractivity contribution in [1.82, 2.24) is 15.6 Å². The third kappa shape index (κ3) is 4.68. The van der Waals surface area contributed by atoms with E-state index >= 15 is 0 Å². The average Bonchev–Trinajstić information content (AvgIpc) is 3.01. The molecule has 0 fully saturated rings. The van der Waals surface area contributed by atoms with Crippen LogP contribution in [0.3, 0.4) is 0 Å². The van der Waals surface area contributed by atoms with E-state index < -0.39 is 0 Å². The van der Waals surface area contributed by atoms with E-state index in [-0.39, 0.29) is 11.8 Å². The summed E-state index contributed by atoms with van der Waals surface area (Å²) in [5.74, 6) is -0.217. The van der Waals surface area contributed by atoms with E-state index in [1.54, 1.807) is 24.4 Å². The molecule has 2 heterocycles. The van der Waals surface area contributed by atoms with Gasteiger partial charge in [0, 0.05) is 25.0 Å². The van der Waals surface area contributed by atoms with Gasteiger partial charge in [0.2, 0.25) is 0 Å². The first-order valence-electron chi connectivity index (χ1n) is 6.69. The molecule has 110 valence electrons. The second-order valence-corrected chi connectivity index (χ2v) is 5.48. The van der Waals surface area contributed by atoms with Gasteiger partial charge in [0.15, 0.2) is 0 Å². The Hall–Kier alpha value is -2.21. The summed E-state index contributed by atoms with van der Waals surface area (Å²) in [5, 5.41) is 7.48. The van der Waals surface area contributed by atoms with E-state index in [0.29, 0.717) is 30.0 Å². The maximum atomic E-state index is 11.8. The zero-order valence-corrected chi connectivity index (χ0v) is 12.6. The molecule has 0 atom stereocenters. The molecule has 0 aliphatic carbocycles. The maximum Gasteiger partial charge on any atom is 0.261 e. The summed E-state index contributed by atoms with van der Waals surface area (Å²) in [6.07, 6.45) is 2.24. The fourth-order valence-corrected chi connectivity index (χ4v) is 2.33. The molecule has 6 heteroatoms. The number of aromatic nitrogens is 1. The molecule has 0 aliphatic heterocycles. The number of aryl methyl sites for hydroxylation is 1. The lowest BCUT2D eigenvalue weighted by atomic mass is 10.2. The zero-order chi connectivity index (χ0) is 15.1. The predicted octanol–water partition coefficient (Wildman–Crippen LogP) is 2.00. The van der Waals surface area contributed by atoms with Crippen molar-refractivity contribution in [3.05, 3.63) is 52.0 Å². The van der Waals surface area contributed by atoms with Crippen LogP contribution in [0.1, 0.15) is 32.1 Å². The van der Waals surface area contributed by atoms with Gasteiger partial charge in [0.05, 0.1) is 10.4 Å². The van der Waals surface area contributed by atoms with Gasteiger partial charge in [-0.1, -0.05) is 6.07 Å². The van der Waals surface area contributed by atoms with Crippen LogP contribution in [0.25, 0.3) is 0 Å². The number of amides is 2. The van der Waals surface area contributed by atoms with Gasteiger partial charge in [-0.3, -0.25) is 14.6 Å². The molecule has 2 amide bonds. The van der Waals surface area contributed by atoms with Crippen molar-refractivity contribution in [2.24, 2.45) is 0 Å². The van der Waals surface area contributed by atoms with E-state index in [1.807, 2.05) is 18.4 Å². The molecule has 0 saturated carbocycles. The first kappa shape index (κ1) is 15.2. The molecule has 2 N–H and O–H groups in total. The van der Waals surface area contributed by atoms with Crippen LogP contribution in [0.4, 0.5) is 0 Å². The number of carbonyl (C=O) groups excluding carboxylic acids is 2. The number of pyridine rings is 1. The predicted molar refractivity (Wildman–Crippen MR) is 82.6 cm³/mol. The summed E-state index contributed by atoms with van der Waals surface area (Å²) in [5.41, 5.74) is 1.42. The Morgan fingerprint density at radius 1 is 1.14 bits per heavy atom. The lowest BCUT2D eigenvalue weighted by molar-refractivity contribution is 0.0952. The van der Waals surface area contributed by atoms with E-state index in [4.69, 9.17) is 0 Å². The molecule has 0 aliphatic rings. The van der Waals surface area contributed by atoms with Crippen molar-refractivity contribution in [2.75, 3.05) is 13.1 Å². The average molecular weight is 303 g/mol. The van der Waals surface area contributed by atoms with Crippen molar-refractivity contribution in [1.29, 1.82) is 0 Å². The van der Waals surface area contributed by atoms with E-state index in [2.05, 4.69) is 15.6 Å². The highest BCUT2D eigenvalue weighted by molar-refractivity contribution is 7.12. The van der Waals surface area contributed by atoms with E-state index in [9.17, 15) is 9.59 Å². The van der Waals surface area contributed by atoms with E-state index in [1.165, 1.54) is 11.3 Å². The molecule has 2 aromatic heterocycles. The van der Waals surface area contributed by atoms with Crippen molar-refractivity contribution in [3.8, 4) is 0 Å². The van der Waals surface area contributed by atoms with Crippen LogP contribution in [0.15, 0.2) is 35.8 Å². The Morgan fingerprint density at radius 2 is 1.90 bits per heavy atom. The monoisotopic (exact) mass is 303 g/mol. The lowest BCUT2D eigenvalue weighted by Crippen LogP contribution is -2.29. The van der Waals surface area contributed by atoms with Gasteiger partial charge in [-0.05, 0) is 36.9 Å². The van der Waals surface area contributed by atoms with Gasteiger partial charge in [-0.25, -0.2) is 0 Å². The molecule has 0 unspecified atom stereocenters. The normalized spacial score (nSPS) is 10.1. The van der Waals surface area contributed by atoms with Crippen molar-refractivity contribution in [3.63, 3.8) is 0 Å². The highest BCUT2D eigenvalue weighted by atomic mass is 32.1. The standard InChI is InChI=1S/C15H17N3O2S/c1-11-5-6-12(10-18-11)14(19)16-7-3-8-17-15(20)13-4-2-9-21-13/h2,4-6,9-10H,3,7-8H2,1H3,(H,16,19)(H,17,20). The van der Waals surface area contributed by atoms with Crippen molar-refractivity contribution < 1.29 is 9.59 Å². The number of nitrogens with one attached hydrogen (secondary N) is 2. The summed E-state index contributed by atoms with van der Waals surface area (Å²) in [4.78, 5) is 28.2. The Morgan fingerprint density at radius 3 is 2.52 bits per heavy atom. The summed E-state index contributed by atoms with van der Waals surface area (Å²) in [6.45, 7) is 2.92. The van der Waals surface area contributed by atoms with E-state index in [0.717, 1.165) is 5.69 Å². The summed E-state index contributed by atoms with van der Waals surface area (Å²) in [6, 6.07) is 7.17. The molecule has 0 spiro atoms. The topological polar surface area (TPSA) is 71.1 Å². The van der Waals surface area contributed by atoms with Crippen molar-refractivity contribution >= 4 is 23.2 Å². The Bertz CT molecular complexity index is 594. The Balaban J connectivity index is 1.64. The summed E-state index contributed by atoms with van der Waals surface area (Å²) in [7, 11) is 0. The number of rotatable bonds is 6. The van der Waals surface area contributed by atoms with Gasteiger partial charge >= 0.3 is 0 Å². The molecule has 21 heavy (non-hydrogen) atoms. The molecular formula is C15H17N3O2S. The SMILES string of the molecule is Cc1ccc(C(=O)NCCCNC(=O)c2cccs2)cn1. The minimum absolute atomic E-state index is 0.0703. The van der Waals surface area contributed by atoms with Crippen LogP contribution in [-0.2, 0) is 0 Å². The molecule has 2 aromatic rings. The molecule has 0 saturated heterocycles. The molecular weight excluding hydrogens is 286 g/mol. The molecule has 0 aromatic carbocycles. The first-order chi connectivity index (χ1) is 10.2. The summed E-state index contributed by atoms with van der Waals surface area (Å²) < 4.78 is 0. The highest BCUT2D eigenvalue weighted by Crippen LogP contribution is 2.07. The largest absolute Gasteiger partial charge is 0.352 e. The number of hydrogen-bond donors (Lipinski definition) is 2. The smallest absolute Gasteiger partial charge is 0.261 e. The van der Waals surface area contributed by atoms with Crippen LogP contribution < -0.4 is 10.6 Å². The fourth-order valence-electron chi connectivity index (χ4n) is 1.69. The molecule has 0 radical (unpaired) electrons. The second-order valence-electron chi connectivity index (χ2n) is 4.53. The molecule has 5 nitrogen and oxygen atoms in total.